The summed E-state index contributed by atoms with van der Waals surface area (Å²) in [6.07, 6.45) is 6.39. The van der Waals surface area contributed by atoms with E-state index in [0.717, 1.165) is 13.0 Å². The van der Waals surface area contributed by atoms with Crippen LogP contribution in [0.1, 0.15) is 52.0 Å². The van der Waals surface area contributed by atoms with Crippen molar-refractivity contribution in [3.63, 3.8) is 0 Å². The van der Waals surface area contributed by atoms with E-state index in [9.17, 15) is 0 Å². The first-order valence-electron chi connectivity index (χ1n) is 8.44. The molecule has 0 aromatic heterocycles. The van der Waals surface area contributed by atoms with E-state index < -0.39 is 18.8 Å². The van der Waals surface area contributed by atoms with Gasteiger partial charge in [-0.05, 0) is 0 Å². The standard InChI is InChI=1S/C8H9O.C4H9.2C3H7.Sn/c9-7-6-8-4-2-1-3-5-8;1-3-4-2;2*1-3-2;/h1-5H,6-7H2;1,3-4H2,2H3;2*1,3H2,2H3;/q-1;;;;+1. The van der Waals surface area contributed by atoms with E-state index in [0.29, 0.717) is 0 Å². The van der Waals surface area contributed by atoms with Gasteiger partial charge in [-0.3, -0.25) is 0 Å². The second kappa shape index (κ2) is 10.7. The van der Waals surface area contributed by atoms with Crippen molar-refractivity contribution < 1.29 is 3.07 Å². The van der Waals surface area contributed by atoms with Crippen molar-refractivity contribution in [3.05, 3.63) is 35.9 Å². The molecule has 0 aliphatic carbocycles. The maximum absolute atomic E-state index is 6.63. The van der Waals surface area contributed by atoms with E-state index in [-0.39, 0.29) is 0 Å². The van der Waals surface area contributed by atoms with Gasteiger partial charge in [-0.25, -0.2) is 0 Å². The molecule has 20 heavy (non-hydrogen) atoms. The summed E-state index contributed by atoms with van der Waals surface area (Å²) in [5, 5.41) is 0. The van der Waals surface area contributed by atoms with Crippen LogP contribution >= 0.6 is 0 Å². The quantitative estimate of drug-likeness (QED) is 0.438. The Morgan fingerprint density at radius 3 is 2.05 bits per heavy atom. The van der Waals surface area contributed by atoms with Gasteiger partial charge in [0.2, 0.25) is 0 Å². The van der Waals surface area contributed by atoms with Crippen LogP contribution in [0.25, 0.3) is 0 Å². The molecular weight excluding hydrogens is 351 g/mol. The van der Waals surface area contributed by atoms with Gasteiger partial charge in [0, 0.05) is 0 Å². The van der Waals surface area contributed by atoms with Gasteiger partial charge >= 0.3 is 131 Å². The van der Waals surface area contributed by atoms with Gasteiger partial charge in [0.25, 0.3) is 0 Å². The summed E-state index contributed by atoms with van der Waals surface area (Å²) >= 11 is -2.29. The Kier molecular flexibility index (Phi) is 9.62. The number of benzene rings is 1. The molecule has 0 saturated carbocycles. The second-order valence-corrected chi connectivity index (χ2v) is 17.7. The van der Waals surface area contributed by atoms with Crippen molar-refractivity contribution >= 4 is 18.8 Å². The van der Waals surface area contributed by atoms with Crippen LogP contribution in [0.4, 0.5) is 0 Å². The van der Waals surface area contributed by atoms with Gasteiger partial charge < -0.3 is 0 Å². The van der Waals surface area contributed by atoms with Crippen LogP contribution in [-0.4, -0.2) is 25.4 Å². The summed E-state index contributed by atoms with van der Waals surface area (Å²) < 4.78 is 10.9. The summed E-state index contributed by atoms with van der Waals surface area (Å²) in [6, 6.07) is 10.8. The molecule has 1 nitrogen and oxygen atoms in total. The molecule has 0 heterocycles. The van der Waals surface area contributed by atoms with Crippen LogP contribution in [-0.2, 0) is 9.49 Å². The number of rotatable bonds is 11. The number of hydrogen-bond acceptors (Lipinski definition) is 1. The molecule has 0 saturated heterocycles. The van der Waals surface area contributed by atoms with Gasteiger partial charge in [-0.2, -0.15) is 0 Å². The summed E-state index contributed by atoms with van der Waals surface area (Å²) in [6.45, 7) is 7.91. The fourth-order valence-corrected chi connectivity index (χ4v) is 16.0. The molecular formula is C18H32OSn. The average Bonchev–Trinajstić information content (AvgIpc) is 2.47. The van der Waals surface area contributed by atoms with Crippen molar-refractivity contribution in [1.82, 2.24) is 0 Å². The van der Waals surface area contributed by atoms with Crippen LogP contribution in [0.15, 0.2) is 30.3 Å². The predicted molar refractivity (Wildman–Crippen MR) is 91.8 cm³/mol. The molecule has 0 unspecified atom stereocenters. The fraction of sp³-hybridized carbons (Fsp3) is 0.667. The van der Waals surface area contributed by atoms with Gasteiger partial charge in [0.05, 0.1) is 0 Å². The Balaban J connectivity index is 2.53. The molecule has 114 valence electrons. The monoisotopic (exact) mass is 384 g/mol. The van der Waals surface area contributed by atoms with Crippen LogP contribution in [0.2, 0.25) is 13.3 Å². The molecule has 2 heteroatoms. The average molecular weight is 383 g/mol. The van der Waals surface area contributed by atoms with E-state index in [4.69, 9.17) is 3.07 Å². The Morgan fingerprint density at radius 1 is 0.850 bits per heavy atom. The normalized spacial score (nSPS) is 11.8. The Morgan fingerprint density at radius 2 is 1.50 bits per heavy atom. The molecule has 0 N–H and O–H groups in total. The van der Waals surface area contributed by atoms with Crippen molar-refractivity contribution in [2.24, 2.45) is 0 Å². The van der Waals surface area contributed by atoms with E-state index in [1.165, 1.54) is 44.6 Å². The van der Waals surface area contributed by atoms with E-state index in [1.54, 1.807) is 0 Å². The molecule has 0 atom stereocenters. The topological polar surface area (TPSA) is 9.23 Å². The first-order chi connectivity index (χ1) is 9.76. The van der Waals surface area contributed by atoms with Gasteiger partial charge in [0.1, 0.15) is 0 Å². The van der Waals surface area contributed by atoms with E-state index in [1.807, 2.05) is 0 Å². The van der Waals surface area contributed by atoms with Crippen molar-refractivity contribution in [2.45, 2.75) is 66.2 Å². The first kappa shape index (κ1) is 18.0. The summed E-state index contributed by atoms with van der Waals surface area (Å²) in [5.41, 5.74) is 1.41. The third-order valence-corrected chi connectivity index (χ3v) is 18.0. The van der Waals surface area contributed by atoms with Gasteiger partial charge in [0.15, 0.2) is 0 Å². The minimum absolute atomic E-state index is 0.948. The van der Waals surface area contributed by atoms with Gasteiger partial charge in [-0.15, -0.1) is 0 Å². The third kappa shape index (κ3) is 6.62. The molecule has 0 aliphatic rings. The van der Waals surface area contributed by atoms with Crippen LogP contribution < -0.4 is 0 Å². The zero-order valence-electron chi connectivity index (χ0n) is 13.7. The maximum atomic E-state index is 6.63. The van der Waals surface area contributed by atoms with Crippen molar-refractivity contribution in [2.75, 3.05) is 6.61 Å². The number of unbranched alkanes of at least 4 members (excludes halogenated alkanes) is 1. The summed E-state index contributed by atoms with van der Waals surface area (Å²) in [7, 11) is 0. The molecule has 1 aromatic carbocycles. The molecule has 0 aliphatic heterocycles. The predicted octanol–water partition coefficient (Wildman–Crippen LogP) is 5.81. The first-order valence-corrected chi connectivity index (χ1v) is 15.7. The van der Waals surface area contributed by atoms with Crippen molar-refractivity contribution in [3.8, 4) is 0 Å². The van der Waals surface area contributed by atoms with Crippen LogP contribution in [0, 0.1) is 0 Å². The Labute approximate surface area is 130 Å². The molecule has 1 rings (SSSR count). The molecule has 0 bridgehead atoms. The van der Waals surface area contributed by atoms with Crippen LogP contribution in [0.3, 0.4) is 0 Å². The summed E-state index contributed by atoms with van der Waals surface area (Å²) in [5.74, 6) is 0. The van der Waals surface area contributed by atoms with Crippen LogP contribution in [0.5, 0.6) is 0 Å². The van der Waals surface area contributed by atoms with E-state index >= 15 is 0 Å². The molecule has 1 aromatic rings. The molecule has 0 spiro atoms. The summed E-state index contributed by atoms with van der Waals surface area (Å²) in [4.78, 5) is 0. The molecule has 0 radical (unpaired) electrons. The SMILES string of the molecule is CCC[CH2][Sn]([CH2]CC)([CH2]CC)[O]CCc1ccccc1. The minimum atomic E-state index is -2.29. The molecule has 0 fully saturated rings. The van der Waals surface area contributed by atoms with Crippen molar-refractivity contribution in [1.29, 1.82) is 0 Å². The van der Waals surface area contributed by atoms with Gasteiger partial charge in [-0.1, -0.05) is 0 Å². The molecule has 0 amide bonds. The number of hydrogen-bond donors (Lipinski definition) is 0. The zero-order chi connectivity index (χ0) is 14.7. The third-order valence-electron chi connectivity index (χ3n) is 4.04. The zero-order valence-corrected chi connectivity index (χ0v) is 16.5. The Hall–Kier alpha value is -0.0213. The van der Waals surface area contributed by atoms with E-state index in [2.05, 4.69) is 51.1 Å². The Bertz CT molecular complexity index is 331. The fourth-order valence-electron chi connectivity index (χ4n) is 3.03. The second-order valence-electron chi connectivity index (χ2n) is 5.87.